The molecule has 0 amide bonds. The molecule has 104 valence electrons. The van der Waals surface area contributed by atoms with Crippen LogP contribution in [0.15, 0.2) is 41.8 Å². The van der Waals surface area contributed by atoms with Gasteiger partial charge in [0.15, 0.2) is 0 Å². The molecule has 0 spiro atoms. The molecule has 5 heteroatoms. The molecule has 1 aromatic carbocycles. The number of carbonyl (C=O) groups is 2. The van der Waals surface area contributed by atoms with Gasteiger partial charge in [0.2, 0.25) is 0 Å². The number of carbonyl (C=O) groups excluding carboxylic acids is 1. The molecule has 20 heavy (non-hydrogen) atoms. The smallest absolute Gasteiger partial charge is 0.316 e. The highest BCUT2D eigenvalue weighted by Crippen LogP contribution is 2.36. The molecule has 0 aliphatic carbocycles. The Hall–Kier alpha value is -2.14. The van der Waals surface area contributed by atoms with Crippen molar-refractivity contribution in [3.63, 3.8) is 0 Å². The van der Waals surface area contributed by atoms with Gasteiger partial charge in [-0.15, -0.1) is 11.3 Å². The summed E-state index contributed by atoms with van der Waals surface area (Å²) in [6.45, 7) is 1.69. The number of carboxylic acids is 1. The van der Waals surface area contributed by atoms with E-state index in [0.717, 1.165) is 0 Å². The topological polar surface area (TPSA) is 63.6 Å². The number of thiophene rings is 1. The van der Waals surface area contributed by atoms with E-state index in [9.17, 15) is 14.7 Å². The SMILES string of the molecule is CCC(=O)Oc1ccsc1C(C(=O)O)c1ccccc1. The molecule has 4 nitrogen and oxygen atoms in total. The van der Waals surface area contributed by atoms with Crippen LogP contribution in [0.2, 0.25) is 0 Å². The average molecular weight is 290 g/mol. The van der Waals surface area contributed by atoms with E-state index in [-0.39, 0.29) is 12.4 Å². The Labute approximate surface area is 120 Å². The minimum Gasteiger partial charge on any atom is -0.481 e. The number of carboxylic acid groups (broad SMARTS) is 1. The summed E-state index contributed by atoms with van der Waals surface area (Å²) in [7, 11) is 0. The van der Waals surface area contributed by atoms with E-state index < -0.39 is 11.9 Å². The van der Waals surface area contributed by atoms with Crippen LogP contribution >= 0.6 is 11.3 Å². The van der Waals surface area contributed by atoms with Gasteiger partial charge in [0.05, 0.1) is 4.88 Å². The van der Waals surface area contributed by atoms with Crippen LogP contribution in [0.5, 0.6) is 5.75 Å². The Bertz CT molecular complexity index is 603. The van der Waals surface area contributed by atoms with Crippen LogP contribution in [0.4, 0.5) is 0 Å². The first kappa shape index (κ1) is 14.3. The quantitative estimate of drug-likeness (QED) is 0.858. The second kappa shape index (κ2) is 6.34. The minimum absolute atomic E-state index is 0.248. The molecular formula is C15H14O4S. The zero-order valence-electron chi connectivity index (χ0n) is 10.9. The molecule has 2 aromatic rings. The summed E-state index contributed by atoms with van der Waals surface area (Å²) < 4.78 is 5.20. The van der Waals surface area contributed by atoms with E-state index in [0.29, 0.717) is 16.2 Å². The molecule has 0 saturated heterocycles. The molecular weight excluding hydrogens is 276 g/mol. The van der Waals surface area contributed by atoms with Crippen LogP contribution in [-0.2, 0) is 9.59 Å². The molecule has 0 saturated carbocycles. The fraction of sp³-hybridized carbons (Fsp3) is 0.200. The first-order chi connectivity index (χ1) is 9.63. The molecule has 0 aliphatic heterocycles. The third kappa shape index (κ3) is 3.05. The van der Waals surface area contributed by atoms with E-state index >= 15 is 0 Å². The average Bonchev–Trinajstić information content (AvgIpc) is 2.87. The van der Waals surface area contributed by atoms with Gasteiger partial charge in [0, 0.05) is 6.42 Å². The van der Waals surface area contributed by atoms with Crippen molar-refractivity contribution < 1.29 is 19.4 Å². The van der Waals surface area contributed by atoms with Crippen molar-refractivity contribution in [3.05, 3.63) is 52.2 Å². The van der Waals surface area contributed by atoms with Crippen molar-refractivity contribution in [3.8, 4) is 5.75 Å². The summed E-state index contributed by atoms with van der Waals surface area (Å²) in [6.07, 6.45) is 0.248. The van der Waals surface area contributed by atoms with Gasteiger partial charge in [0.25, 0.3) is 0 Å². The first-order valence-electron chi connectivity index (χ1n) is 6.19. The number of ether oxygens (including phenoxy) is 1. The maximum Gasteiger partial charge on any atom is 0.316 e. The summed E-state index contributed by atoms with van der Waals surface area (Å²) in [5.74, 6) is -1.83. The molecule has 1 N–H and O–H groups in total. The molecule has 0 fully saturated rings. The van der Waals surface area contributed by atoms with E-state index in [4.69, 9.17) is 4.74 Å². The lowest BCUT2D eigenvalue weighted by Crippen LogP contribution is -2.14. The lowest BCUT2D eigenvalue weighted by molar-refractivity contribution is -0.138. The van der Waals surface area contributed by atoms with Gasteiger partial charge in [-0.2, -0.15) is 0 Å². The number of rotatable bonds is 5. The van der Waals surface area contributed by atoms with E-state index in [1.54, 1.807) is 42.6 Å². The molecule has 0 aliphatic rings. The number of aliphatic carboxylic acids is 1. The van der Waals surface area contributed by atoms with Gasteiger partial charge >= 0.3 is 11.9 Å². The highest BCUT2D eigenvalue weighted by molar-refractivity contribution is 7.10. The third-order valence-corrected chi connectivity index (χ3v) is 3.77. The maximum atomic E-state index is 11.6. The molecule has 1 unspecified atom stereocenters. The van der Waals surface area contributed by atoms with Crippen molar-refractivity contribution in [2.45, 2.75) is 19.3 Å². The maximum absolute atomic E-state index is 11.6. The standard InChI is InChI=1S/C15H14O4S/c1-2-12(16)19-11-8-9-20-14(11)13(15(17)18)10-6-4-3-5-7-10/h3-9,13H,2H2,1H3,(H,17,18). The van der Waals surface area contributed by atoms with Crippen LogP contribution < -0.4 is 4.74 Å². The summed E-state index contributed by atoms with van der Waals surface area (Å²) >= 11 is 1.28. The van der Waals surface area contributed by atoms with Crippen LogP contribution in [-0.4, -0.2) is 17.0 Å². The fourth-order valence-corrected chi connectivity index (χ4v) is 2.79. The van der Waals surface area contributed by atoms with Gasteiger partial charge in [-0.1, -0.05) is 37.3 Å². The molecule has 1 aromatic heterocycles. The summed E-state index contributed by atoms with van der Waals surface area (Å²) in [4.78, 5) is 23.5. The third-order valence-electron chi connectivity index (χ3n) is 2.81. The first-order valence-corrected chi connectivity index (χ1v) is 7.07. The predicted molar refractivity (Wildman–Crippen MR) is 76.2 cm³/mol. The molecule has 2 rings (SSSR count). The van der Waals surface area contributed by atoms with Crippen molar-refractivity contribution >= 4 is 23.3 Å². The van der Waals surface area contributed by atoms with Gasteiger partial charge in [0.1, 0.15) is 11.7 Å². The number of benzene rings is 1. The Morgan fingerprint density at radius 2 is 1.95 bits per heavy atom. The van der Waals surface area contributed by atoms with Crippen LogP contribution in [0.3, 0.4) is 0 Å². The van der Waals surface area contributed by atoms with Gasteiger partial charge < -0.3 is 9.84 Å². The fourth-order valence-electron chi connectivity index (χ4n) is 1.85. The largest absolute Gasteiger partial charge is 0.481 e. The van der Waals surface area contributed by atoms with Crippen LogP contribution in [0, 0.1) is 0 Å². The lowest BCUT2D eigenvalue weighted by Gasteiger charge is -2.13. The Morgan fingerprint density at radius 1 is 1.25 bits per heavy atom. The van der Waals surface area contributed by atoms with Crippen molar-refractivity contribution in [2.75, 3.05) is 0 Å². The number of hydrogen-bond donors (Lipinski definition) is 1. The Balaban J connectivity index is 2.39. The summed E-state index contributed by atoms with van der Waals surface area (Å²) in [6, 6.07) is 10.5. The zero-order chi connectivity index (χ0) is 14.5. The van der Waals surface area contributed by atoms with Gasteiger partial charge in [-0.3, -0.25) is 9.59 Å². The monoisotopic (exact) mass is 290 g/mol. The predicted octanol–water partition coefficient (Wildman–Crippen LogP) is 3.28. The second-order valence-electron chi connectivity index (χ2n) is 4.16. The Morgan fingerprint density at radius 3 is 2.55 bits per heavy atom. The highest BCUT2D eigenvalue weighted by Gasteiger charge is 2.27. The molecule has 0 bridgehead atoms. The van der Waals surface area contributed by atoms with Crippen molar-refractivity contribution in [1.82, 2.24) is 0 Å². The zero-order valence-corrected chi connectivity index (χ0v) is 11.7. The van der Waals surface area contributed by atoms with Crippen LogP contribution in [0.1, 0.15) is 29.7 Å². The molecule has 0 radical (unpaired) electrons. The lowest BCUT2D eigenvalue weighted by atomic mass is 9.97. The molecule has 1 heterocycles. The number of esters is 1. The van der Waals surface area contributed by atoms with E-state index in [1.165, 1.54) is 11.3 Å². The van der Waals surface area contributed by atoms with Crippen LogP contribution in [0.25, 0.3) is 0 Å². The van der Waals surface area contributed by atoms with Crippen molar-refractivity contribution in [2.24, 2.45) is 0 Å². The molecule has 1 atom stereocenters. The Kier molecular flexibility index (Phi) is 4.53. The summed E-state index contributed by atoms with van der Waals surface area (Å²) in [5.41, 5.74) is 0.663. The van der Waals surface area contributed by atoms with E-state index in [2.05, 4.69) is 0 Å². The van der Waals surface area contributed by atoms with Crippen molar-refractivity contribution in [1.29, 1.82) is 0 Å². The summed E-state index contributed by atoms with van der Waals surface area (Å²) in [5, 5.41) is 11.2. The normalized spacial score (nSPS) is 11.8. The van der Waals surface area contributed by atoms with Gasteiger partial charge in [-0.25, -0.2) is 0 Å². The van der Waals surface area contributed by atoms with Gasteiger partial charge in [-0.05, 0) is 17.0 Å². The second-order valence-corrected chi connectivity index (χ2v) is 5.11. The highest BCUT2D eigenvalue weighted by atomic mass is 32.1. The number of hydrogen-bond acceptors (Lipinski definition) is 4. The van der Waals surface area contributed by atoms with E-state index in [1.807, 2.05) is 6.07 Å². The minimum atomic E-state index is -0.965.